The molecule has 1 aromatic rings. The van der Waals surface area contributed by atoms with E-state index in [0.29, 0.717) is 12.3 Å². The maximum Gasteiger partial charge on any atom is 0.255 e. The Morgan fingerprint density at radius 3 is 2.58 bits per heavy atom. The van der Waals surface area contributed by atoms with E-state index < -0.39 is 10.0 Å². The van der Waals surface area contributed by atoms with Crippen molar-refractivity contribution in [1.82, 2.24) is 14.9 Å². The average Bonchev–Trinajstić information content (AvgIpc) is 3.11. The average molecular weight is 384 g/mol. The summed E-state index contributed by atoms with van der Waals surface area (Å²) in [6, 6.07) is 4.26. The standard InChI is InChI=1S/C18H29N3O4S/c1-14(2)20-18(22)16-13-15(7-8-17(16)25-3)26(23,24)19-9-6-12-21-10-4-5-11-21/h7-8,13-14,19H,4-6,9-12H2,1-3H3,(H,20,22). The third kappa shape index (κ3) is 5.69. The fourth-order valence-electron chi connectivity index (χ4n) is 2.97. The van der Waals surface area contributed by atoms with Crippen molar-refractivity contribution in [3.05, 3.63) is 23.8 Å². The predicted octanol–water partition coefficient (Wildman–Crippen LogP) is 1.60. The van der Waals surface area contributed by atoms with Crippen LogP contribution < -0.4 is 14.8 Å². The Balaban J connectivity index is 2.04. The summed E-state index contributed by atoms with van der Waals surface area (Å²) in [5, 5.41) is 2.76. The van der Waals surface area contributed by atoms with Crippen molar-refractivity contribution in [1.29, 1.82) is 0 Å². The van der Waals surface area contributed by atoms with Gasteiger partial charge in [-0.05, 0) is 70.9 Å². The summed E-state index contributed by atoms with van der Waals surface area (Å²) in [5.74, 6) is -0.0148. The number of sulfonamides is 1. The van der Waals surface area contributed by atoms with Crippen LogP contribution in [0.15, 0.2) is 23.1 Å². The maximum atomic E-state index is 12.5. The minimum Gasteiger partial charge on any atom is -0.496 e. The summed E-state index contributed by atoms with van der Waals surface area (Å²) in [7, 11) is -2.22. The van der Waals surface area contributed by atoms with E-state index in [4.69, 9.17) is 4.74 Å². The number of hydrogen-bond acceptors (Lipinski definition) is 5. The van der Waals surface area contributed by atoms with Crippen LogP contribution in [-0.4, -0.2) is 58.6 Å². The van der Waals surface area contributed by atoms with Gasteiger partial charge in [0, 0.05) is 12.6 Å². The largest absolute Gasteiger partial charge is 0.496 e. The number of carbonyl (C=O) groups excluding carboxylic acids is 1. The van der Waals surface area contributed by atoms with Crippen LogP contribution in [-0.2, 0) is 10.0 Å². The fourth-order valence-corrected chi connectivity index (χ4v) is 4.07. The van der Waals surface area contributed by atoms with E-state index in [1.54, 1.807) is 0 Å². The molecule has 0 bridgehead atoms. The highest BCUT2D eigenvalue weighted by molar-refractivity contribution is 7.89. The van der Waals surface area contributed by atoms with E-state index in [1.165, 1.54) is 38.2 Å². The Kier molecular flexibility index (Phi) is 7.43. The number of likely N-dealkylation sites (tertiary alicyclic amines) is 1. The molecule has 8 heteroatoms. The fraction of sp³-hybridized carbons (Fsp3) is 0.611. The smallest absolute Gasteiger partial charge is 0.255 e. The zero-order chi connectivity index (χ0) is 19.2. The monoisotopic (exact) mass is 383 g/mol. The number of amides is 1. The lowest BCUT2D eigenvalue weighted by Crippen LogP contribution is -2.31. The van der Waals surface area contributed by atoms with Gasteiger partial charge >= 0.3 is 0 Å². The van der Waals surface area contributed by atoms with E-state index in [1.807, 2.05) is 13.8 Å². The summed E-state index contributed by atoms with van der Waals surface area (Å²) in [4.78, 5) is 14.7. The molecule has 26 heavy (non-hydrogen) atoms. The topological polar surface area (TPSA) is 87.7 Å². The van der Waals surface area contributed by atoms with Gasteiger partial charge in [0.05, 0.1) is 17.6 Å². The number of carbonyl (C=O) groups is 1. The number of benzene rings is 1. The van der Waals surface area contributed by atoms with E-state index in [2.05, 4.69) is 14.9 Å². The Morgan fingerprint density at radius 2 is 1.96 bits per heavy atom. The van der Waals surface area contributed by atoms with Crippen LogP contribution in [0, 0.1) is 0 Å². The second kappa shape index (κ2) is 9.34. The van der Waals surface area contributed by atoms with Crippen LogP contribution in [0.2, 0.25) is 0 Å². The zero-order valence-corrected chi connectivity index (χ0v) is 16.6. The van der Waals surface area contributed by atoms with Gasteiger partial charge in [0.1, 0.15) is 5.75 Å². The highest BCUT2D eigenvalue weighted by atomic mass is 32.2. The molecule has 0 saturated carbocycles. The van der Waals surface area contributed by atoms with E-state index in [9.17, 15) is 13.2 Å². The molecule has 1 heterocycles. The Labute approximate surface area is 156 Å². The molecule has 7 nitrogen and oxygen atoms in total. The summed E-state index contributed by atoms with van der Waals surface area (Å²) in [5.41, 5.74) is 0.209. The van der Waals surface area contributed by atoms with Gasteiger partial charge in [-0.2, -0.15) is 0 Å². The molecule has 0 atom stereocenters. The van der Waals surface area contributed by atoms with Crippen molar-refractivity contribution < 1.29 is 17.9 Å². The van der Waals surface area contributed by atoms with Gasteiger partial charge in [0.2, 0.25) is 10.0 Å². The van der Waals surface area contributed by atoms with Gasteiger partial charge in [-0.25, -0.2) is 13.1 Å². The molecule has 1 saturated heterocycles. The van der Waals surface area contributed by atoms with Crippen molar-refractivity contribution in [3.8, 4) is 5.75 Å². The Morgan fingerprint density at radius 1 is 1.27 bits per heavy atom. The third-order valence-corrected chi connectivity index (χ3v) is 5.75. The molecule has 1 aliphatic heterocycles. The van der Waals surface area contributed by atoms with Crippen LogP contribution in [0.1, 0.15) is 43.5 Å². The number of nitrogens with zero attached hydrogens (tertiary/aromatic N) is 1. The van der Waals surface area contributed by atoms with Crippen molar-refractivity contribution in [2.24, 2.45) is 0 Å². The van der Waals surface area contributed by atoms with Gasteiger partial charge in [-0.1, -0.05) is 0 Å². The molecule has 2 N–H and O–H groups in total. The van der Waals surface area contributed by atoms with E-state index in [0.717, 1.165) is 26.1 Å². The van der Waals surface area contributed by atoms with E-state index >= 15 is 0 Å². The molecule has 1 aromatic carbocycles. The Bertz CT molecular complexity index is 713. The van der Waals surface area contributed by atoms with Crippen molar-refractivity contribution >= 4 is 15.9 Å². The lowest BCUT2D eigenvalue weighted by atomic mass is 10.2. The molecular weight excluding hydrogens is 354 g/mol. The summed E-state index contributed by atoms with van der Waals surface area (Å²) in [6.45, 7) is 7.14. The quantitative estimate of drug-likeness (QED) is 0.633. The number of hydrogen-bond donors (Lipinski definition) is 2. The number of rotatable bonds is 9. The lowest BCUT2D eigenvalue weighted by Gasteiger charge is -2.15. The molecular formula is C18H29N3O4S. The lowest BCUT2D eigenvalue weighted by molar-refractivity contribution is 0.0940. The minimum atomic E-state index is -3.67. The van der Waals surface area contributed by atoms with Gasteiger partial charge in [0.15, 0.2) is 0 Å². The number of nitrogens with one attached hydrogen (secondary N) is 2. The third-order valence-electron chi connectivity index (χ3n) is 4.29. The molecule has 0 radical (unpaired) electrons. The summed E-state index contributed by atoms with van der Waals surface area (Å²) < 4.78 is 32.9. The minimum absolute atomic E-state index is 0.0591. The first kappa shape index (κ1) is 20.7. The first-order valence-electron chi connectivity index (χ1n) is 9.04. The first-order valence-corrected chi connectivity index (χ1v) is 10.5. The summed E-state index contributed by atoms with van der Waals surface area (Å²) in [6.07, 6.45) is 3.20. The molecule has 1 fully saturated rings. The molecule has 0 aliphatic carbocycles. The predicted molar refractivity (Wildman–Crippen MR) is 101 cm³/mol. The van der Waals surface area contributed by atoms with E-state index in [-0.39, 0.29) is 22.4 Å². The van der Waals surface area contributed by atoms with Gasteiger partial charge in [-0.15, -0.1) is 0 Å². The molecule has 0 unspecified atom stereocenters. The maximum absolute atomic E-state index is 12.5. The molecule has 1 aliphatic rings. The van der Waals surface area contributed by atoms with Crippen LogP contribution in [0.25, 0.3) is 0 Å². The molecule has 146 valence electrons. The second-order valence-electron chi connectivity index (χ2n) is 6.79. The van der Waals surface area contributed by atoms with Gasteiger partial charge in [-0.3, -0.25) is 4.79 Å². The normalized spacial score (nSPS) is 15.4. The van der Waals surface area contributed by atoms with Crippen LogP contribution in [0.4, 0.5) is 0 Å². The highest BCUT2D eigenvalue weighted by Crippen LogP contribution is 2.22. The number of ether oxygens (including phenoxy) is 1. The Hall–Kier alpha value is -1.64. The molecule has 0 spiro atoms. The highest BCUT2D eigenvalue weighted by Gasteiger charge is 2.20. The van der Waals surface area contributed by atoms with Crippen molar-refractivity contribution in [2.45, 2.75) is 44.0 Å². The van der Waals surface area contributed by atoms with Gasteiger partial charge in [0.25, 0.3) is 5.91 Å². The van der Waals surface area contributed by atoms with Gasteiger partial charge < -0.3 is 15.0 Å². The van der Waals surface area contributed by atoms with Crippen molar-refractivity contribution in [3.63, 3.8) is 0 Å². The summed E-state index contributed by atoms with van der Waals surface area (Å²) >= 11 is 0. The van der Waals surface area contributed by atoms with Crippen LogP contribution >= 0.6 is 0 Å². The molecule has 0 aromatic heterocycles. The van der Waals surface area contributed by atoms with Crippen LogP contribution in [0.3, 0.4) is 0 Å². The number of methoxy groups -OCH3 is 1. The molecule has 2 rings (SSSR count). The molecule has 1 amide bonds. The van der Waals surface area contributed by atoms with Crippen molar-refractivity contribution in [2.75, 3.05) is 33.3 Å². The SMILES string of the molecule is COc1ccc(S(=O)(=O)NCCCN2CCCC2)cc1C(=O)NC(C)C. The first-order chi connectivity index (χ1) is 12.3. The second-order valence-corrected chi connectivity index (χ2v) is 8.56. The van der Waals surface area contributed by atoms with Crippen LogP contribution in [0.5, 0.6) is 5.75 Å². The zero-order valence-electron chi connectivity index (χ0n) is 15.7.